The van der Waals surface area contributed by atoms with E-state index in [1.807, 2.05) is 38.3 Å². The van der Waals surface area contributed by atoms with Crippen LogP contribution in [0.2, 0.25) is 0 Å². The summed E-state index contributed by atoms with van der Waals surface area (Å²) in [5, 5.41) is 7.37. The fourth-order valence-electron chi connectivity index (χ4n) is 2.38. The Kier molecular flexibility index (Phi) is 8.81. The summed E-state index contributed by atoms with van der Waals surface area (Å²) in [7, 11) is 3.81. The summed E-state index contributed by atoms with van der Waals surface area (Å²) in [6.45, 7) is 3.82. The van der Waals surface area contributed by atoms with Crippen LogP contribution in [-0.2, 0) is 20.0 Å². The molecule has 0 radical (unpaired) electrons. The minimum atomic E-state index is -0.565. The third-order valence-corrected chi connectivity index (χ3v) is 3.53. The molecule has 0 amide bonds. The van der Waals surface area contributed by atoms with Crippen LogP contribution in [-0.4, -0.2) is 40.8 Å². The van der Waals surface area contributed by atoms with Crippen molar-refractivity contribution in [2.45, 2.75) is 19.9 Å². The van der Waals surface area contributed by atoms with E-state index in [0.29, 0.717) is 25.1 Å². The summed E-state index contributed by atoms with van der Waals surface area (Å²) in [6.07, 6.45) is 4.18. The Balaban J connectivity index is 0.00000312. The van der Waals surface area contributed by atoms with E-state index in [-0.39, 0.29) is 24.0 Å². The largest absolute Gasteiger partial charge is 0.357 e. The Hall–Kier alpha value is -1.71. The van der Waals surface area contributed by atoms with Crippen molar-refractivity contribution >= 4 is 29.9 Å². The maximum atomic E-state index is 13.6. The number of aliphatic imine (C=N–C) groups is 1. The molecule has 2 rings (SSSR count). The highest BCUT2D eigenvalue weighted by atomic mass is 127. The minimum absolute atomic E-state index is 0. The molecule has 1 aromatic heterocycles. The summed E-state index contributed by atoms with van der Waals surface area (Å²) >= 11 is 0. The van der Waals surface area contributed by atoms with Gasteiger partial charge in [-0.15, -0.1) is 24.0 Å². The molecule has 0 bridgehead atoms. The van der Waals surface area contributed by atoms with Gasteiger partial charge in [0.05, 0.1) is 6.20 Å². The van der Waals surface area contributed by atoms with E-state index < -0.39 is 11.6 Å². The summed E-state index contributed by atoms with van der Waals surface area (Å²) in [5.41, 5.74) is 1.54. The fraction of sp³-hybridized carbons (Fsp3) is 0.412. The van der Waals surface area contributed by atoms with Gasteiger partial charge in [-0.2, -0.15) is 5.10 Å². The highest BCUT2D eigenvalue weighted by molar-refractivity contribution is 14.0. The molecule has 5 nitrogen and oxygen atoms in total. The summed E-state index contributed by atoms with van der Waals surface area (Å²) in [5.74, 6) is -0.355. The quantitative estimate of drug-likeness (QED) is 0.407. The molecule has 8 heteroatoms. The first-order chi connectivity index (χ1) is 11.5. The molecule has 25 heavy (non-hydrogen) atoms. The van der Waals surface area contributed by atoms with Crippen LogP contribution in [0.4, 0.5) is 8.78 Å². The van der Waals surface area contributed by atoms with Gasteiger partial charge in [0.2, 0.25) is 0 Å². The van der Waals surface area contributed by atoms with Crippen LogP contribution in [0.5, 0.6) is 0 Å². The predicted molar refractivity (Wildman–Crippen MR) is 106 cm³/mol. The Labute approximate surface area is 164 Å². The molecule has 1 heterocycles. The molecular weight excluding hydrogens is 439 g/mol. The number of halogens is 3. The molecule has 0 saturated heterocycles. The highest BCUT2D eigenvalue weighted by Crippen LogP contribution is 2.10. The Bertz CT molecular complexity index is 702. The lowest BCUT2D eigenvalue weighted by atomic mass is 10.1. The number of benzene rings is 1. The average Bonchev–Trinajstić information content (AvgIpc) is 2.93. The van der Waals surface area contributed by atoms with Crippen molar-refractivity contribution in [3.63, 3.8) is 0 Å². The standard InChI is InChI=1S/C17H23F2N5.HI/c1-4-20-17(23(2)11-13-10-22-24(3)12-13)21-8-7-14-5-6-15(18)9-16(14)19;/h5-6,9-10,12H,4,7-8,11H2,1-3H3,(H,20,21);1H. The molecule has 1 N–H and O–H groups in total. The third-order valence-electron chi connectivity index (χ3n) is 3.53. The zero-order chi connectivity index (χ0) is 17.5. The predicted octanol–water partition coefficient (Wildman–Crippen LogP) is 2.96. The van der Waals surface area contributed by atoms with Gasteiger partial charge in [-0.3, -0.25) is 9.67 Å². The lowest BCUT2D eigenvalue weighted by molar-refractivity contribution is 0.476. The summed E-state index contributed by atoms with van der Waals surface area (Å²) in [4.78, 5) is 6.51. The first kappa shape index (κ1) is 21.3. The Morgan fingerprint density at radius 1 is 1.36 bits per heavy atom. The number of nitrogens with zero attached hydrogens (tertiary/aromatic N) is 4. The van der Waals surface area contributed by atoms with Gasteiger partial charge < -0.3 is 10.2 Å². The SMILES string of the molecule is CCNC(=NCCc1ccc(F)cc1F)N(C)Cc1cnn(C)c1.I. The number of hydrogen-bond donors (Lipinski definition) is 1. The van der Waals surface area contributed by atoms with E-state index in [4.69, 9.17) is 0 Å². The zero-order valence-corrected chi connectivity index (χ0v) is 17.0. The van der Waals surface area contributed by atoms with Gasteiger partial charge in [-0.1, -0.05) is 6.07 Å². The molecule has 0 aliphatic carbocycles. The van der Waals surface area contributed by atoms with Crippen LogP contribution < -0.4 is 5.32 Å². The topological polar surface area (TPSA) is 45.5 Å². The van der Waals surface area contributed by atoms with Crippen molar-refractivity contribution < 1.29 is 8.78 Å². The van der Waals surface area contributed by atoms with Crippen LogP contribution in [0.15, 0.2) is 35.6 Å². The lowest BCUT2D eigenvalue weighted by Crippen LogP contribution is -2.38. The average molecular weight is 463 g/mol. The van der Waals surface area contributed by atoms with E-state index >= 15 is 0 Å². The maximum Gasteiger partial charge on any atom is 0.193 e. The van der Waals surface area contributed by atoms with Gasteiger partial charge in [0, 0.05) is 51.6 Å². The molecule has 138 valence electrons. The second-order valence-electron chi connectivity index (χ2n) is 5.60. The van der Waals surface area contributed by atoms with Crippen molar-refractivity contribution in [2.24, 2.45) is 12.0 Å². The Morgan fingerprint density at radius 2 is 2.12 bits per heavy atom. The number of aryl methyl sites for hydroxylation is 1. The van der Waals surface area contributed by atoms with Gasteiger partial charge in [-0.05, 0) is 25.0 Å². The molecule has 0 saturated carbocycles. The maximum absolute atomic E-state index is 13.6. The van der Waals surface area contributed by atoms with Crippen LogP contribution in [0.25, 0.3) is 0 Å². The third kappa shape index (κ3) is 6.60. The number of hydrogen-bond acceptors (Lipinski definition) is 2. The van der Waals surface area contributed by atoms with Crippen molar-refractivity contribution in [3.8, 4) is 0 Å². The molecule has 0 aliphatic heterocycles. The van der Waals surface area contributed by atoms with Gasteiger partial charge in [0.15, 0.2) is 5.96 Å². The van der Waals surface area contributed by atoms with Gasteiger partial charge >= 0.3 is 0 Å². The number of nitrogens with one attached hydrogen (secondary N) is 1. The smallest absolute Gasteiger partial charge is 0.193 e. The summed E-state index contributed by atoms with van der Waals surface area (Å²) < 4.78 is 28.3. The van der Waals surface area contributed by atoms with E-state index in [2.05, 4.69) is 15.4 Å². The normalized spacial score (nSPS) is 11.2. The molecule has 0 fully saturated rings. The zero-order valence-electron chi connectivity index (χ0n) is 14.7. The van der Waals surface area contributed by atoms with Crippen molar-refractivity contribution in [1.82, 2.24) is 20.0 Å². The van der Waals surface area contributed by atoms with E-state index in [1.54, 1.807) is 4.68 Å². The van der Waals surface area contributed by atoms with E-state index in [1.165, 1.54) is 12.1 Å². The second-order valence-corrected chi connectivity index (χ2v) is 5.60. The minimum Gasteiger partial charge on any atom is -0.357 e. The molecule has 0 aliphatic rings. The molecule has 0 unspecified atom stereocenters. The first-order valence-electron chi connectivity index (χ1n) is 7.90. The lowest BCUT2D eigenvalue weighted by Gasteiger charge is -2.21. The Morgan fingerprint density at radius 3 is 2.72 bits per heavy atom. The number of rotatable bonds is 6. The van der Waals surface area contributed by atoms with Crippen LogP contribution in [0.3, 0.4) is 0 Å². The van der Waals surface area contributed by atoms with Gasteiger partial charge in [-0.25, -0.2) is 8.78 Å². The van der Waals surface area contributed by atoms with Crippen molar-refractivity contribution in [3.05, 3.63) is 53.4 Å². The van der Waals surface area contributed by atoms with Crippen molar-refractivity contribution in [1.29, 1.82) is 0 Å². The molecule has 2 aromatic rings. The van der Waals surface area contributed by atoms with Crippen molar-refractivity contribution in [2.75, 3.05) is 20.1 Å². The fourth-order valence-corrected chi connectivity index (χ4v) is 2.38. The van der Waals surface area contributed by atoms with Gasteiger partial charge in [0.1, 0.15) is 11.6 Å². The molecule has 0 atom stereocenters. The van der Waals surface area contributed by atoms with E-state index in [0.717, 1.165) is 24.1 Å². The number of guanidine groups is 1. The summed E-state index contributed by atoms with van der Waals surface area (Å²) in [6, 6.07) is 3.63. The van der Waals surface area contributed by atoms with Gasteiger partial charge in [0.25, 0.3) is 0 Å². The highest BCUT2D eigenvalue weighted by Gasteiger charge is 2.08. The van der Waals surface area contributed by atoms with Crippen LogP contribution in [0.1, 0.15) is 18.1 Å². The molecule has 1 aromatic carbocycles. The monoisotopic (exact) mass is 463 g/mol. The molecular formula is C17H24F2IN5. The first-order valence-corrected chi connectivity index (χ1v) is 7.90. The molecule has 0 spiro atoms. The van der Waals surface area contributed by atoms with Crippen LogP contribution >= 0.6 is 24.0 Å². The van der Waals surface area contributed by atoms with Crippen LogP contribution in [0, 0.1) is 11.6 Å². The number of aromatic nitrogens is 2. The second kappa shape index (κ2) is 10.3. The van der Waals surface area contributed by atoms with E-state index in [9.17, 15) is 8.78 Å².